The van der Waals surface area contributed by atoms with E-state index in [2.05, 4.69) is 0 Å². The average Bonchev–Trinajstić information content (AvgIpc) is 2.65. The number of hydrogen-bond acceptors (Lipinski definition) is 8. The molecule has 0 saturated heterocycles. The third kappa shape index (κ3) is 13.1. The Kier molecular flexibility index (Phi) is 14.7. The van der Waals surface area contributed by atoms with Gasteiger partial charge in [0.2, 0.25) is 0 Å². The largest absolute Gasteiger partial charge is 0.463 e. The topological polar surface area (TPSA) is 105 Å². The van der Waals surface area contributed by atoms with Crippen LogP contribution in [0.5, 0.6) is 0 Å². The molecule has 0 aromatic carbocycles. The summed E-state index contributed by atoms with van der Waals surface area (Å²) in [6.07, 6.45) is 2.40. The van der Waals surface area contributed by atoms with Gasteiger partial charge in [-0.3, -0.25) is 9.59 Å². The molecule has 0 N–H and O–H groups in total. The second-order valence-corrected chi connectivity index (χ2v) is 6.51. The summed E-state index contributed by atoms with van der Waals surface area (Å²) in [5, 5.41) is 0. The molecule has 0 spiro atoms. The van der Waals surface area contributed by atoms with Gasteiger partial charge in [-0.05, 0) is 39.5 Å². The van der Waals surface area contributed by atoms with Gasteiger partial charge in [0, 0.05) is 12.8 Å². The molecule has 0 rings (SSSR count). The number of rotatable bonds is 15. The van der Waals surface area contributed by atoms with E-state index in [4.69, 9.17) is 18.9 Å². The molecule has 2 atom stereocenters. The molecule has 0 aromatic rings. The molecule has 0 fully saturated rings. The molecule has 0 unspecified atom stereocenters. The molecule has 0 heterocycles. The van der Waals surface area contributed by atoms with Gasteiger partial charge in [0.15, 0.2) is 12.2 Å². The van der Waals surface area contributed by atoms with Crippen molar-refractivity contribution < 1.29 is 38.1 Å². The first-order chi connectivity index (χ1) is 13.3. The van der Waals surface area contributed by atoms with Crippen molar-refractivity contribution in [2.45, 2.75) is 91.3 Å². The fourth-order valence-corrected chi connectivity index (χ4v) is 2.02. The van der Waals surface area contributed by atoms with Crippen LogP contribution >= 0.6 is 0 Å². The lowest BCUT2D eigenvalue weighted by molar-refractivity contribution is -0.167. The summed E-state index contributed by atoms with van der Waals surface area (Å²) in [5.74, 6) is -2.18. The van der Waals surface area contributed by atoms with Crippen LogP contribution in [0, 0.1) is 0 Å². The van der Waals surface area contributed by atoms with E-state index in [1.54, 1.807) is 0 Å². The molecule has 0 aliphatic carbocycles. The van der Waals surface area contributed by atoms with Crippen molar-refractivity contribution in [3.05, 3.63) is 0 Å². The van der Waals surface area contributed by atoms with Crippen LogP contribution in [-0.2, 0) is 38.1 Å². The van der Waals surface area contributed by atoms with Crippen molar-refractivity contribution in [2.75, 3.05) is 13.2 Å². The van der Waals surface area contributed by atoms with Crippen LogP contribution < -0.4 is 0 Å². The van der Waals surface area contributed by atoms with Gasteiger partial charge in [0.1, 0.15) is 0 Å². The monoisotopic (exact) mass is 402 g/mol. The van der Waals surface area contributed by atoms with E-state index in [0.29, 0.717) is 26.1 Å². The predicted octanol–water partition coefficient (Wildman–Crippen LogP) is 3.10. The zero-order valence-corrected chi connectivity index (χ0v) is 17.5. The Bertz CT molecular complexity index is 445. The summed E-state index contributed by atoms with van der Waals surface area (Å²) < 4.78 is 20.0. The minimum Gasteiger partial charge on any atom is -0.463 e. The SMILES string of the molecule is CCCCOC(=O)[C@@H](C)OC(=O)CCCCC(=O)O[C@H](C)C(=O)OCCCC. The molecular weight excluding hydrogens is 368 g/mol. The maximum atomic E-state index is 11.7. The number of esters is 4. The van der Waals surface area contributed by atoms with Gasteiger partial charge in [0.05, 0.1) is 13.2 Å². The molecule has 0 bridgehead atoms. The average molecular weight is 402 g/mol. The molecule has 0 radical (unpaired) electrons. The van der Waals surface area contributed by atoms with Crippen molar-refractivity contribution in [1.29, 1.82) is 0 Å². The highest BCUT2D eigenvalue weighted by molar-refractivity contribution is 5.79. The van der Waals surface area contributed by atoms with E-state index in [-0.39, 0.29) is 12.8 Å². The first-order valence-electron chi connectivity index (χ1n) is 10.0. The van der Waals surface area contributed by atoms with E-state index in [9.17, 15) is 19.2 Å². The summed E-state index contributed by atoms with van der Waals surface area (Å²) in [6, 6.07) is 0. The van der Waals surface area contributed by atoms with Crippen LogP contribution in [0.15, 0.2) is 0 Å². The summed E-state index contributed by atoms with van der Waals surface area (Å²) in [6.45, 7) is 7.50. The fraction of sp³-hybridized carbons (Fsp3) is 0.800. The molecule has 28 heavy (non-hydrogen) atoms. The number of carbonyl (C=O) groups excluding carboxylic acids is 4. The van der Waals surface area contributed by atoms with Crippen molar-refractivity contribution >= 4 is 23.9 Å². The summed E-state index contributed by atoms with van der Waals surface area (Å²) in [7, 11) is 0. The van der Waals surface area contributed by atoms with Crippen molar-refractivity contribution in [2.24, 2.45) is 0 Å². The Labute approximate surface area is 167 Å². The maximum Gasteiger partial charge on any atom is 0.347 e. The normalized spacial score (nSPS) is 12.6. The highest BCUT2D eigenvalue weighted by Crippen LogP contribution is 2.07. The van der Waals surface area contributed by atoms with E-state index < -0.39 is 36.1 Å². The maximum absolute atomic E-state index is 11.7. The number of carbonyl (C=O) groups is 4. The second kappa shape index (κ2) is 15.9. The van der Waals surface area contributed by atoms with Crippen molar-refractivity contribution in [3.8, 4) is 0 Å². The molecule has 8 nitrogen and oxygen atoms in total. The fourth-order valence-electron chi connectivity index (χ4n) is 2.02. The van der Waals surface area contributed by atoms with E-state index in [0.717, 1.165) is 25.7 Å². The van der Waals surface area contributed by atoms with E-state index in [1.807, 2.05) is 13.8 Å². The molecule has 0 aromatic heterocycles. The minimum atomic E-state index is -0.950. The molecule has 0 saturated carbocycles. The lowest BCUT2D eigenvalue weighted by atomic mass is 10.2. The van der Waals surface area contributed by atoms with Crippen LogP contribution in [0.4, 0.5) is 0 Å². The zero-order valence-electron chi connectivity index (χ0n) is 17.5. The third-order valence-corrected chi connectivity index (χ3v) is 3.78. The lowest BCUT2D eigenvalue weighted by Crippen LogP contribution is -2.27. The van der Waals surface area contributed by atoms with Gasteiger partial charge in [-0.2, -0.15) is 0 Å². The Balaban J connectivity index is 3.89. The van der Waals surface area contributed by atoms with Gasteiger partial charge >= 0.3 is 23.9 Å². The number of hydrogen-bond donors (Lipinski definition) is 0. The van der Waals surface area contributed by atoms with Crippen LogP contribution in [0.2, 0.25) is 0 Å². The quantitative estimate of drug-likeness (QED) is 0.234. The van der Waals surface area contributed by atoms with Crippen LogP contribution in [0.1, 0.15) is 79.1 Å². The van der Waals surface area contributed by atoms with Crippen molar-refractivity contribution in [3.63, 3.8) is 0 Å². The molecule has 0 amide bonds. The van der Waals surface area contributed by atoms with E-state index in [1.165, 1.54) is 13.8 Å². The molecule has 162 valence electrons. The minimum absolute atomic E-state index is 0.0779. The number of unbranched alkanes of at least 4 members (excludes halogenated alkanes) is 3. The summed E-state index contributed by atoms with van der Waals surface area (Å²) in [5.41, 5.74) is 0. The highest BCUT2D eigenvalue weighted by atomic mass is 16.6. The Hall–Kier alpha value is -2.12. The number of ether oxygens (including phenoxy) is 4. The second-order valence-electron chi connectivity index (χ2n) is 6.51. The molecular formula is C20H34O8. The third-order valence-electron chi connectivity index (χ3n) is 3.78. The van der Waals surface area contributed by atoms with Crippen molar-refractivity contribution in [1.82, 2.24) is 0 Å². The summed E-state index contributed by atoms with van der Waals surface area (Å²) in [4.78, 5) is 46.7. The standard InChI is InChI=1S/C20H34O8/c1-5-7-13-25-19(23)15(3)27-17(21)11-9-10-12-18(22)28-16(4)20(24)26-14-8-6-2/h15-16H,5-14H2,1-4H3/t15-,16-/m1/s1. The zero-order chi connectivity index (χ0) is 21.4. The molecule has 8 heteroatoms. The highest BCUT2D eigenvalue weighted by Gasteiger charge is 2.20. The summed E-state index contributed by atoms with van der Waals surface area (Å²) >= 11 is 0. The molecule has 0 aliphatic heterocycles. The van der Waals surface area contributed by atoms with Crippen LogP contribution in [0.3, 0.4) is 0 Å². The van der Waals surface area contributed by atoms with Gasteiger partial charge in [-0.1, -0.05) is 26.7 Å². The van der Waals surface area contributed by atoms with E-state index >= 15 is 0 Å². The van der Waals surface area contributed by atoms with Crippen LogP contribution in [-0.4, -0.2) is 49.3 Å². The molecule has 0 aliphatic rings. The first-order valence-corrected chi connectivity index (χ1v) is 10.0. The van der Waals surface area contributed by atoms with Gasteiger partial charge < -0.3 is 18.9 Å². The predicted molar refractivity (Wildman–Crippen MR) is 101 cm³/mol. The smallest absolute Gasteiger partial charge is 0.347 e. The van der Waals surface area contributed by atoms with Gasteiger partial charge in [-0.25, -0.2) is 9.59 Å². The Morgan fingerprint density at radius 3 is 1.32 bits per heavy atom. The lowest BCUT2D eigenvalue weighted by Gasteiger charge is -2.13. The van der Waals surface area contributed by atoms with Gasteiger partial charge in [-0.15, -0.1) is 0 Å². The van der Waals surface area contributed by atoms with Crippen LogP contribution in [0.25, 0.3) is 0 Å². The first kappa shape index (κ1) is 25.9. The van der Waals surface area contributed by atoms with Gasteiger partial charge in [0.25, 0.3) is 0 Å². The Morgan fingerprint density at radius 1 is 0.643 bits per heavy atom. The Morgan fingerprint density at radius 2 is 1.00 bits per heavy atom.